The molecule has 0 aromatic heterocycles. The highest BCUT2D eigenvalue weighted by atomic mass is 16.5. The van der Waals surface area contributed by atoms with Crippen molar-refractivity contribution in [2.45, 2.75) is 12.5 Å². The van der Waals surface area contributed by atoms with E-state index in [0.29, 0.717) is 19.7 Å². The van der Waals surface area contributed by atoms with E-state index in [2.05, 4.69) is 0 Å². The van der Waals surface area contributed by atoms with Crippen LogP contribution < -0.4 is 0 Å². The second-order valence-electron chi connectivity index (χ2n) is 2.69. The van der Waals surface area contributed by atoms with Crippen molar-refractivity contribution in [3.05, 3.63) is 0 Å². The van der Waals surface area contributed by atoms with Gasteiger partial charge in [-0.15, -0.1) is 0 Å². The summed E-state index contributed by atoms with van der Waals surface area (Å²) in [5, 5.41) is 9.07. The van der Waals surface area contributed by atoms with Gasteiger partial charge >= 0.3 is 0 Å². The fourth-order valence-electron chi connectivity index (χ4n) is 1.17. The van der Waals surface area contributed by atoms with Crippen LogP contribution in [0.4, 0.5) is 0 Å². The highest BCUT2D eigenvalue weighted by molar-refractivity contribution is 5.78. The summed E-state index contributed by atoms with van der Waals surface area (Å²) in [6, 6.07) is 0. The Morgan fingerprint density at radius 3 is 3.00 bits per heavy atom. The van der Waals surface area contributed by atoms with E-state index in [1.165, 1.54) is 0 Å². The van der Waals surface area contributed by atoms with E-state index in [4.69, 9.17) is 9.84 Å². The third kappa shape index (κ3) is 2.17. The fraction of sp³-hybridized carbons (Fsp3) is 0.857. The van der Waals surface area contributed by atoms with Crippen LogP contribution in [0.1, 0.15) is 6.42 Å². The molecule has 0 radical (unpaired) electrons. The van der Waals surface area contributed by atoms with Gasteiger partial charge < -0.3 is 14.7 Å². The zero-order valence-electron chi connectivity index (χ0n) is 6.62. The van der Waals surface area contributed by atoms with Gasteiger partial charge in [-0.3, -0.25) is 4.79 Å². The number of aliphatic hydroxyl groups excluding tert-OH is 1. The van der Waals surface area contributed by atoms with Gasteiger partial charge in [0.2, 0.25) is 5.91 Å². The molecule has 1 rings (SSSR count). The summed E-state index contributed by atoms with van der Waals surface area (Å²) in [5.41, 5.74) is 0. The SMILES string of the molecule is COCCN1CC(O)CC1=O. The minimum Gasteiger partial charge on any atom is -0.391 e. The molecule has 1 saturated heterocycles. The first kappa shape index (κ1) is 8.49. The summed E-state index contributed by atoms with van der Waals surface area (Å²) in [6.45, 7) is 1.59. The first-order chi connectivity index (χ1) is 5.24. The first-order valence-corrected chi connectivity index (χ1v) is 3.69. The van der Waals surface area contributed by atoms with Crippen LogP contribution in [0, 0.1) is 0 Å². The molecule has 0 aromatic carbocycles. The molecular formula is C7H13NO3. The van der Waals surface area contributed by atoms with Crippen LogP contribution in [0.15, 0.2) is 0 Å². The van der Waals surface area contributed by atoms with Crippen molar-refractivity contribution in [3.8, 4) is 0 Å². The Balaban J connectivity index is 2.29. The molecule has 1 heterocycles. The smallest absolute Gasteiger partial charge is 0.225 e. The lowest BCUT2D eigenvalue weighted by Gasteiger charge is -2.14. The highest BCUT2D eigenvalue weighted by Crippen LogP contribution is 2.09. The highest BCUT2D eigenvalue weighted by Gasteiger charge is 2.26. The topological polar surface area (TPSA) is 49.8 Å². The molecule has 4 heteroatoms. The number of amides is 1. The Hall–Kier alpha value is -0.610. The van der Waals surface area contributed by atoms with Gasteiger partial charge in [0.05, 0.1) is 19.1 Å². The summed E-state index contributed by atoms with van der Waals surface area (Å²) in [5.74, 6) is 0.0227. The van der Waals surface area contributed by atoms with Crippen molar-refractivity contribution < 1.29 is 14.6 Å². The molecule has 0 aliphatic carbocycles. The van der Waals surface area contributed by atoms with Crippen LogP contribution >= 0.6 is 0 Å². The van der Waals surface area contributed by atoms with Crippen molar-refractivity contribution in [1.29, 1.82) is 0 Å². The van der Waals surface area contributed by atoms with Crippen molar-refractivity contribution >= 4 is 5.91 Å². The van der Waals surface area contributed by atoms with Crippen LogP contribution in [0.3, 0.4) is 0 Å². The van der Waals surface area contributed by atoms with E-state index < -0.39 is 6.10 Å². The second kappa shape index (κ2) is 3.69. The number of likely N-dealkylation sites (tertiary alicyclic amines) is 1. The largest absolute Gasteiger partial charge is 0.391 e. The number of aliphatic hydroxyl groups is 1. The molecule has 0 spiro atoms. The fourth-order valence-corrected chi connectivity index (χ4v) is 1.17. The Labute approximate surface area is 65.8 Å². The van der Waals surface area contributed by atoms with Crippen LogP contribution in [0.25, 0.3) is 0 Å². The molecule has 1 fully saturated rings. The van der Waals surface area contributed by atoms with Crippen molar-refractivity contribution in [2.75, 3.05) is 26.8 Å². The normalized spacial score (nSPS) is 24.7. The van der Waals surface area contributed by atoms with Gasteiger partial charge in [0.15, 0.2) is 0 Å². The number of hydrogen-bond acceptors (Lipinski definition) is 3. The van der Waals surface area contributed by atoms with Crippen LogP contribution in [-0.4, -0.2) is 48.8 Å². The van der Waals surface area contributed by atoms with Gasteiger partial charge in [0, 0.05) is 20.2 Å². The van der Waals surface area contributed by atoms with Crippen molar-refractivity contribution in [3.63, 3.8) is 0 Å². The molecule has 1 N–H and O–H groups in total. The average Bonchev–Trinajstić information content (AvgIpc) is 2.26. The Bertz CT molecular complexity index is 149. The van der Waals surface area contributed by atoms with E-state index in [-0.39, 0.29) is 12.3 Å². The van der Waals surface area contributed by atoms with Crippen molar-refractivity contribution in [1.82, 2.24) is 4.90 Å². The predicted octanol–water partition coefficient (Wildman–Crippen LogP) is -0.774. The number of hydrogen-bond donors (Lipinski definition) is 1. The van der Waals surface area contributed by atoms with Gasteiger partial charge in [0.25, 0.3) is 0 Å². The molecule has 64 valence electrons. The number of carbonyl (C=O) groups is 1. The zero-order valence-corrected chi connectivity index (χ0v) is 6.62. The van der Waals surface area contributed by atoms with Gasteiger partial charge in [-0.05, 0) is 0 Å². The number of carbonyl (C=O) groups excluding carboxylic acids is 1. The number of β-amino-alcohol motifs (C(OH)–C–C–N with tert-alkyl or cyclic N) is 1. The molecule has 1 unspecified atom stereocenters. The summed E-state index contributed by atoms with van der Waals surface area (Å²) < 4.78 is 4.81. The number of ether oxygens (including phenoxy) is 1. The number of rotatable bonds is 3. The first-order valence-electron chi connectivity index (χ1n) is 3.69. The van der Waals surface area contributed by atoms with Crippen LogP contribution in [-0.2, 0) is 9.53 Å². The molecule has 1 amide bonds. The van der Waals surface area contributed by atoms with E-state index in [1.807, 2.05) is 0 Å². The quantitative estimate of drug-likeness (QED) is 0.588. The average molecular weight is 159 g/mol. The lowest BCUT2D eigenvalue weighted by atomic mass is 10.3. The molecule has 4 nitrogen and oxygen atoms in total. The summed E-state index contributed by atoms with van der Waals surface area (Å²) in [4.78, 5) is 12.6. The van der Waals surface area contributed by atoms with Crippen LogP contribution in [0.5, 0.6) is 0 Å². The predicted molar refractivity (Wildman–Crippen MR) is 39.1 cm³/mol. The zero-order chi connectivity index (χ0) is 8.27. The van der Waals surface area contributed by atoms with Crippen molar-refractivity contribution in [2.24, 2.45) is 0 Å². The lowest BCUT2D eigenvalue weighted by Crippen LogP contribution is -2.29. The van der Waals surface area contributed by atoms with E-state index in [0.717, 1.165) is 0 Å². The Morgan fingerprint density at radius 2 is 2.55 bits per heavy atom. The summed E-state index contributed by atoms with van der Waals surface area (Å²) >= 11 is 0. The van der Waals surface area contributed by atoms with E-state index in [1.54, 1.807) is 12.0 Å². The maximum Gasteiger partial charge on any atom is 0.225 e. The van der Waals surface area contributed by atoms with Crippen LogP contribution in [0.2, 0.25) is 0 Å². The molecule has 0 aromatic rings. The van der Waals surface area contributed by atoms with E-state index in [9.17, 15) is 4.79 Å². The maximum absolute atomic E-state index is 11.0. The van der Waals surface area contributed by atoms with Gasteiger partial charge in [-0.25, -0.2) is 0 Å². The Morgan fingerprint density at radius 1 is 1.82 bits per heavy atom. The molecule has 0 saturated carbocycles. The molecule has 11 heavy (non-hydrogen) atoms. The Kier molecular flexibility index (Phi) is 2.84. The standard InChI is InChI=1S/C7H13NO3/c1-11-3-2-8-5-6(9)4-7(8)10/h6,9H,2-5H2,1H3. The number of methoxy groups -OCH3 is 1. The molecule has 1 aliphatic heterocycles. The molecular weight excluding hydrogens is 146 g/mol. The molecule has 1 aliphatic rings. The maximum atomic E-state index is 11.0. The number of nitrogens with zero attached hydrogens (tertiary/aromatic N) is 1. The minimum atomic E-state index is -0.473. The third-order valence-corrected chi connectivity index (χ3v) is 1.76. The minimum absolute atomic E-state index is 0.0227. The summed E-state index contributed by atoms with van der Waals surface area (Å²) in [7, 11) is 1.59. The monoisotopic (exact) mass is 159 g/mol. The van der Waals surface area contributed by atoms with E-state index >= 15 is 0 Å². The summed E-state index contributed by atoms with van der Waals surface area (Å²) in [6.07, 6.45) is -0.205. The third-order valence-electron chi connectivity index (χ3n) is 1.76. The van der Waals surface area contributed by atoms with Gasteiger partial charge in [0.1, 0.15) is 0 Å². The molecule has 1 atom stereocenters. The molecule has 0 bridgehead atoms. The van der Waals surface area contributed by atoms with Gasteiger partial charge in [-0.1, -0.05) is 0 Å². The second-order valence-corrected chi connectivity index (χ2v) is 2.69. The lowest BCUT2D eigenvalue weighted by molar-refractivity contribution is -0.128. The van der Waals surface area contributed by atoms with Gasteiger partial charge in [-0.2, -0.15) is 0 Å².